The molecule has 0 aromatic rings. The van der Waals surface area contributed by atoms with E-state index < -0.39 is 0 Å². The maximum atomic E-state index is 9.29. The normalized spacial score (nSPS) is 41.5. The molecule has 0 bridgehead atoms. The fourth-order valence-corrected chi connectivity index (χ4v) is 3.06. The van der Waals surface area contributed by atoms with Crippen LogP contribution in [0.1, 0.15) is 39.0 Å². The maximum absolute atomic E-state index is 9.29. The molecule has 0 unspecified atom stereocenters. The molecule has 0 aliphatic carbocycles. The molecule has 0 aromatic heterocycles. The molecule has 0 saturated carbocycles. The van der Waals surface area contributed by atoms with Gasteiger partial charge in [0.15, 0.2) is 0 Å². The summed E-state index contributed by atoms with van der Waals surface area (Å²) in [7, 11) is 0. The first kappa shape index (κ1) is 9.47. The lowest BCUT2D eigenvalue weighted by atomic mass is 9.81. The molecule has 2 rings (SSSR count). The lowest BCUT2D eigenvalue weighted by molar-refractivity contribution is -0.00178. The van der Waals surface area contributed by atoms with E-state index in [2.05, 4.69) is 11.8 Å². The molecule has 2 aliphatic heterocycles. The Labute approximate surface area is 80.9 Å². The van der Waals surface area contributed by atoms with Gasteiger partial charge in [-0.3, -0.25) is 4.90 Å². The summed E-state index contributed by atoms with van der Waals surface area (Å²) < 4.78 is 0. The zero-order chi connectivity index (χ0) is 9.26. The van der Waals surface area contributed by atoms with Gasteiger partial charge in [-0.2, -0.15) is 0 Å². The Balaban J connectivity index is 2.05. The van der Waals surface area contributed by atoms with E-state index >= 15 is 0 Å². The van der Waals surface area contributed by atoms with Gasteiger partial charge in [0.2, 0.25) is 0 Å². The molecule has 1 N–H and O–H groups in total. The lowest BCUT2D eigenvalue weighted by Crippen LogP contribution is -2.53. The van der Waals surface area contributed by atoms with Crippen LogP contribution < -0.4 is 0 Å². The number of aliphatic hydroxyl groups excluding tert-OH is 1. The summed E-state index contributed by atoms with van der Waals surface area (Å²) in [6.45, 7) is 4.00. The van der Waals surface area contributed by atoms with Crippen LogP contribution in [0, 0.1) is 5.92 Å². The van der Waals surface area contributed by atoms with E-state index in [1.807, 2.05) is 0 Å². The fraction of sp³-hybridized carbons (Fsp3) is 1.00. The Morgan fingerprint density at radius 2 is 2.08 bits per heavy atom. The van der Waals surface area contributed by atoms with E-state index in [9.17, 15) is 5.11 Å². The van der Waals surface area contributed by atoms with E-state index in [0.29, 0.717) is 18.6 Å². The third-order valence-electron chi connectivity index (χ3n) is 3.89. The molecule has 0 spiro atoms. The summed E-state index contributed by atoms with van der Waals surface area (Å²) in [6, 6.07) is 1.45. The van der Waals surface area contributed by atoms with E-state index in [-0.39, 0.29) is 0 Å². The van der Waals surface area contributed by atoms with Crippen LogP contribution in [0.15, 0.2) is 0 Å². The van der Waals surface area contributed by atoms with E-state index in [0.717, 1.165) is 6.04 Å². The van der Waals surface area contributed by atoms with Gasteiger partial charge >= 0.3 is 0 Å². The number of rotatable bonds is 1. The van der Waals surface area contributed by atoms with Crippen LogP contribution in [0.3, 0.4) is 0 Å². The molecule has 2 aliphatic rings. The van der Waals surface area contributed by atoms with Crippen molar-refractivity contribution in [1.82, 2.24) is 4.90 Å². The van der Waals surface area contributed by atoms with Crippen LogP contribution in [0.5, 0.6) is 0 Å². The van der Waals surface area contributed by atoms with Crippen LogP contribution >= 0.6 is 0 Å². The summed E-state index contributed by atoms with van der Waals surface area (Å²) in [6.07, 6.45) is 6.56. The quantitative estimate of drug-likeness (QED) is 0.668. The molecule has 2 nitrogen and oxygen atoms in total. The minimum Gasteiger partial charge on any atom is -0.396 e. The lowest BCUT2D eigenvalue weighted by Gasteiger charge is -2.47. The molecule has 76 valence electrons. The van der Waals surface area contributed by atoms with E-state index in [1.54, 1.807) is 0 Å². The number of piperidine rings is 2. The highest BCUT2D eigenvalue weighted by Crippen LogP contribution is 2.33. The zero-order valence-electron chi connectivity index (χ0n) is 8.58. The van der Waals surface area contributed by atoms with Gasteiger partial charge in [0.25, 0.3) is 0 Å². The number of aliphatic hydroxyl groups is 1. The number of nitrogens with zero attached hydrogens (tertiary/aromatic N) is 1. The fourth-order valence-electron chi connectivity index (χ4n) is 3.06. The second-order valence-electron chi connectivity index (χ2n) is 4.67. The van der Waals surface area contributed by atoms with Crippen molar-refractivity contribution in [3.63, 3.8) is 0 Å². The molecule has 0 amide bonds. The van der Waals surface area contributed by atoms with Crippen molar-refractivity contribution in [2.45, 2.75) is 51.1 Å². The van der Waals surface area contributed by atoms with Gasteiger partial charge in [-0.1, -0.05) is 6.42 Å². The third-order valence-corrected chi connectivity index (χ3v) is 3.89. The van der Waals surface area contributed by atoms with Crippen molar-refractivity contribution in [3.8, 4) is 0 Å². The number of hydrogen-bond acceptors (Lipinski definition) is 2. The average Bonchev–Trinajstić information content (AvgIpc) is 2.19. The minimum absolute atomic E-state index is 0.397. The van der Waals surface area contributed by atoms with Gasteiger partial charge in [0, 0.05) is 18.7 Å². The minimum atomic E-state index is 0.397. The summed E-state index contributed by atoms with van der Waals surface area (Å²) in [5, 5.41) is 9.29. The second kappa shape index (κ2) is 3.97. The Kier molecular flexibility index (Phi) is 2.89. The molecule has 0 radical (unpaired) electrons. The highest BCUT2D eigenvalue weighted by molar-refractivity contribution is 4.90. The maximum Gasteiger partial charge on any atom is 0.0474 e. The van der Waals surface area contributed by atoms with Crippen molar-refractivity contribution in [2.75, 3.05) is 13.2 Å². The predicted molar refractivity (Wildman–Crippen MR) is 53.6 cm³/mol. The Bertz CT molecular complexity index is 171. The molecule has 2 saturated heterocycles. The molecular weight excluding hydrogens is 162 g/mol. The van der Waals surface area contributed by atoms with Crippen molar-refractivity contribution >= 4 is 0 Å². The monoisotopic (exact) mass is 183 g/mol. The Hall–Kier alpha value is -0.0800. The van der Waals surface area contributed by atoms with Gasteiger partial charge in [0.1, 0.15) is 0 Å². The van der Waals surface area contributed by atoms with Gasteiger partial charge < -0.3 is 5.11 Å². The average molecular weight is 183 g/mol. The molecule has 3 atom stereocenters. The Morgan fingerprint density at radius 1 is 1.23 bits per heavy atom. The first-order valence-electron chi connectivity index (χ1n) is 5.69. The zero-order valence-corrected chi connectivity index (χ0v) is 8.58. The molecular formula is C11H21NO. The SMILES string of the molecule is C[C@@H]1CC[C@@H](CO)[C@H]2CCCCN12. The third kappa shape index (κ3) is 1.75. The largest absolute Gasteiger partial charge is 0.396 e. The highest BCUT2D eigenvalue weighted by Gasteiger charge is 2.35. The summed E-state index contributed by atoms with van der Waals surface area (Å²) in [4.78, 5) is 2.63. The smallest absolute Gasteiger partial charge is 0.0474 e. The van der Waals surface area contributed by atoms with Crippen molar-refractivity contribution in [3.05, 3.63) is 0 Å². The second-order valence-corrected chi connectivity index (χ2v) is 4.67. The summed E-state index contributed by atoms with van der Waals surface area (Å²) in [5.74, 6) is 0.566. The van der Waals surface area contributed by atoms with Crippen molar-refractivity contribution < 1.29 is 5.11 Å². The first-order chi connectivity index (χ1) is 6.33. The highest BCUT2D eigenvalue weighted by atomic mass is 16.3. The van der Waals surface area contributed by atoms with Gasteiger partial charge in [-0.05, 0) is 45.1 Å². The van der Waals surface area contributed by atoms with Crippen molar-refractivity contribution in [2.24, 2.45) is 5.92 Å². The molecule has 13 heavy (non-hydrogen) atoms. The van der Waals surface area contributed by atoms with Crippen LogP contribution in [0.4, 0.5) is 0 Å². The topological polar surface area (TPSA) is 23.5 Å². The van der Waals surface area contributed by atoms with E-state index in [1.165, 1.54) is 38.6 Å². The van der Waals surface area contributed by atoms with Crippen LogP contribution in [0.2, 0.25) is 0 Å². The number of fused-ring (bicyclic) bond motifs is 1. The van der Waals surface area contributed by atoms with Crippen molar-refractivity contribution in [1.29, 1.82) is 0 Å². The van der Waals surface area contributed by atoms with E-state index in [4.69, 9.17) is 0 Å². The summed E-state index contributed by atoms with van der Waals surface area (Å²) >= 11 is 0. The molecule has 2 heterocycles. The summed E-state index contributed by atoms with van der Waals surface area (Å²) in [5.41, 5.74) is 0. The van der Waals surface area contributed by atoms with Gasteiger partial charge in [-0.15, -0.1) is 0 Å². The van der Waals surface area contributed by atoms with Crippen LogP contribution in [0.25, 0.3) is 0 Å². The standard InChI is InChI=1S/C11H21NO/c1-9-5-6-10(8-13)11-4-2-3-7-12(9)11/h9-11,13H,2-8H2,1H3/t9-,10+,11-/m1/s1. The Morgan fingerprint density at radius 3 is 2.85 bits per heavy atom. The number of hydrogen-bond donors (Lipinski definition) is 1. The van der Waals surface area contributed by atoms with Crippen LogP contribution in [-0.4, -0.2) is 35.2 Å². The molecule has 2 fully saturated rings. The van der Waals surface area contributed by atoms with Gasteiger partial charge in [-0.25, -0.2) is 0 Å². The van der Waals surface area contributed by atoms with Crippen LogP contribution in [-0.2, 0) is 0 Å². The van der Waals surface area contributed by atoms with Gasteiger partial charge in [0.05, 0.1) is 0 Å². The predicted octanol–water partition coefficient (Wildman–Crippen LogP) is 1.63. The molecule has 2 heteroatoms. The molecule has 0 aromatic carbocycles. The first-order valence-corrected chi connectivity index (χ1v) is 5.69.